The van der Waals surface area contributed by atoms with Crippen LogP contribution >= 0.6 is 0 Å². The molecule has 0 saturated carbocycles. The van der Waals surface area contributed by atoms with Crippen LogP contribution in [0, 0.1) is 0 Å². The molecule has 1 heterocycles. The summed E-state index contributed by atoms with van der Waals surface area (Å²) in [7, 11) is 3.38. The van der Waals surface area contributed by atoms with E-state index in [-0.39, 0.29) is 0 Å². The van der Waals surface area contributed by atoms with Gasteiger partial charge in [-0.3, -0.25) is 0 Å². The Kier molecular flexibility index (Phi) is 7.00. The quantitative estimate of drug-likeness (QED) is 0.800. The van der Waals surface area contributed by atoms with Gasteiger partial charge in [0, 0.05) is 18.7 Å². The minimum atomic E-state index is 0.620. The van der Waals surface area contributed by atoms with E-state index in [0.29, 0.717) is 6.04 Å². The number of ether oxygens (including phenoxy) is 2. The number of piperidine rings is 1. The molecule has 1 fully saturated rings. The Morgan fingerprint density at radius 1 is 1.09 bits per heavy atom. The first-order valence-electron chi connectivity index (χ1n) is 8.42. The van der Waals surface area contributed by atoms with Crippen LogP contribution in [0.3, 0.4) is 0 Å². The molecule has 1 aliphatic heterocycles. The summed E-state index contributed by atoms with van der Waals surface area (Å²) in [6, 6.07) is 6.68. The monoisotopic (exact) mass is 306 g/mol. The molecule has 0 aromatic heterocycles. The Bertz CT molecular complexity index is 420. The summed E-state index contributed by atoms with van der Waals surface area (Å²) in [6.45, 7) is 6.83. The lowest BCUT2D eigenvalue weighted by molar-refractivity contribution is 0.195. The predicted molar refractivity (Wildman–Crippen MR) is 90.8 cm³/mol. The topological polar surface area (TPSA) is 33.7 Å². The van der Waals surface area contributed by atoms with Gasteiger partial charge in [-0.2, -0.15) is 0 Å². The second-order valence-electron chi connectivity index (χ2n) is 6.07. The molecule has 0 radical (unpaired) electrons. The van der Waals surface area contributed by atoms with E-state index in [1.807, 2.05) is 6.07 Å². The van der Waals surface area contributed by atoms with Gasteiger partial charge < -0.3 is 19.7 Å². The summed E-state index contributed by atoms with van der Waals surface area (Å²) in [4.78, 5) is 2.59. The molecule has 0 bridgehead atoms. The first-order chi connectivity index (χ1) is 10.7. The van der Waals surface area contributed by atoms with Crippen molar-refractivity contribution in [3.8, 4) is 11.5 Å². The zero-order valence-corrected chi connectivity index (χ0v) is 14.2. The molecule has 0 aliphatic carbocycles. The van der Waals surface area contributed by atoms with E-state index >= 15 is 0 Å². The minimum absolute atomic E-state index is 0.620. The summed E-state index contributed by atoms with van der Waals surface area (Å²) in [5, 5.41) is 3.68. The van der Waals surface area contributed by atoms with Crippen LogP contribution in [0.25, 0.3) is 0 Å². The molecule has 1 aliphatic rings. The van der Waals surface area contributed by atoms with Crippen molar-refractivity contribution in [3.63, 3.8) is 0 Å². The summed E-state index contributed by atoms with van der Waals surface area (Å²) in [5.74, 6) is 1.70. The molecule has 0 unspecified atom stereocenters. The third-order valence-electron chi connectivity index (χ3n) is 4.42. The largest absolute Gasteiger partial charge is 0.497 e. The van der Waals surface area contributed by atoms with Crippen molar-refractivity contribution < 1.29 is 9.47 Å². The van der Waals surface area contributed by atoms with Crippen LogP contribution in [0.2, 0.25) is 0 Å². The third-order valence-corrected chi connectivity index (χ3v) is 4.42. The van der Waals surface area contributed by atoms with Crippen LogP contribution in [0.1, 0.15) is 38.2 Å². The van der Waals surface area contributed by atoms with Crippen LogP contribution in [0.5, 0.6) is 11.5 Å². The van der Waals surface area contributed by atoms with Crippen LogP contribution in [0.15, 0.2) is 18.2 Å². The van der Waals surface area contributed by atoms with Gasteiger partial charge in [-0.15, -0.1) is 0 Å². The summed E-state index contributed by atoms with van der Waals surface area (Å²) in [6.07, 6.45) is 5.09. The first-order valence-corrected chi connectivity index (χ1v) is 8.42. The lowest BCUT2D eigenvalue weighted by atomic mass is 10.0. The molecule has 0 amide bonds. The van der Waals surface area contributed by atoms with Crippen molar-refractivity contribution in [2.45, 2.75) is 45.2 Å². The number of methoxy groups -OCH3 is 2. The molecule has 1 saturated heterocycles. The average molecular weight is 306 g/mol. The van der Waals surface area contributed by atoms with E-state index in [0.717, 1.165) is 18.0 Å². The van der Waals surface area contributed by atoms with E-state index in [1.165, 1.54) is 50.9 Å². The number of nitrogens with zero attached hydrogens (tertiary/aromatic N) is 1. The van der Waals surface area contributed by atoms with Gasteiger partial charge in [0.2, 0.25) is 0 Å². The number of likely N-dealkylation sites (tertiary alicyclic amines) is 1. The Morgan fingerprint density at radius 2 is 1.73 bits per heavy atom. The van der Waals surface area contributed by atoms with E-state index < -0.39 is 0 Å². The molecule has 1 N–H and O–H groups in total. The number of unbranched alkanes of at least 4 members (excludes halogenated alkanes) is 1. The standard InChI is InChI=1S/C18H30N2O2/c1-4-5-8-20-9-6-16(7-10-20)19-14-15-11-17(21-2)13-18(12-15)22-3/h11-13,16,19H,4-10,14H2,1-3H3. The second-order valence-corrected chi connectivity index (χ2v) is 6.07. The first kappa shape index (κ1) is 17.1. The number of rotatable bonds is 8. The van der Waals surface area contributed by atoms with Gasteiger partial charge in [0.05, 0.1) is 14.2 Å². The highest BCUT2D eigenvalue weighted by Gasteiger charge is 2.18. The fourth-order valence-electron chi connectivity index (χ4n) is 2.97. The number of hydrogen-bond donors (Lipinski definition) is 1. The predicted octanol–water partition coefficient (Wildman–Crippen LogP) is 3.06. The maximum atomic E-state index is 5.33. The lowest BCUT2D eigenvalue weighted by Gasteiger charge is -2.32. The number of nitrogens with one attached hydrogen (secondary N) is 1. The molecular formula is C18H30N2O2. The summed E-state index contributed by atoms with van der Waals surface area (Å²) in [5.41, 5.74) is 1.21. The van der Waals surface area contributed by atoms with Crippen molar-refractivity contribution in [1.29, 1.82) is 0 Å². The van der Waals surface area contributed by atoms with E-state index in [2.05, 4.69) is 29.3 Å². The molecule has 1 aromatic rings. The maximum Gasteiger partial charge on any atom is 0.122 e. The van der Waals surface area contributed by atoms with Gasteiger partial charge in [-0.05, 0) is 56.6 Å². The van der Waals surface area contributed by atoms with Crippen molar-refractivity contribution in [1.82, 2.24) is 10.2 Å². The fourth-order valence-corrected chi connectivity index (χ4v) is 2.97. The zero-order chi connectivity index (χ0) is 15.8. The average Bonchev–Trinajstić information content (AvgIpc) is 2.58. The van der Waals surface area contributed by atoms with Gasteiger partial charge in [-0.25, -0.2) is 0 Å². The van der Waals surface area contributed by atoms with Crippen molar-refractivity contribution in [2.24, 2.45) is 0 Å². The number of benzene rings is 1. The second kappa shape index (κ2) is 9.01. The minimum Gasteiger partial charge on any atom is -0.497 e. The Balaban J connectivity index is 1.79. The van der Waals surface area contributed by atoms with Gasteiger partial charge in [0.1, 0.15) is 11.5 Å². The van der Waals surface area contributed by atoms with Crippen molar-refractivity contribution >= 4 is 0 Å². The van der Waals surface area contributed by atoms with E-state index in [9.17, 15) is 0 Å². The van der Waals surface area contributed by atoms with E-state index in [4.69, 9.17) is 9.47 Å². The summed E-state index contributed by atoms with van der Waals surface area (Å²) < 4.78 is 10.7. The normalized spacial score (nSPS) is 16.7. The highest BCUT2D eigenvalue weighted by Crippen LogP contribution is 2.22. The molecule has 22 heavy (non-hydrogen) atoms. The molecule has 4 nitrogen and oxygen atoms in total. The van der Waals surface area contributed by atoms with Crippen LogP contribution in [-0.4, -0.2) is 44.8 Å². The van der Waals surface area contributed by atoms with E-state index in [1.54, 1.807) is 14.2 Å². The SMILES string of the molecule is CCCCN1CCC(NCc2cc(OC)cc(OC)c2)CC1. The maximum absolute atomic E-state index is 5.33. The van der Waals surface area contributed by atoms with Gasteiger partial charge >= 0.3 is 0 Å². The molecule has 2 rings (SSSR count). The van der Waals surface area contributed by atoms with Gasteiger partial charge in [0.15, 0.2) is 0 Å². The Hall–Kier alpha value is -1.26. The zero-order valence-electron chi connectivity index (χ0n) is 14.2. The van der Waals surface area contributed by atoms with Crippen LogP contribution in [0.4, 0.5) is 0 Å². The highest BCUT2D eigenvalue weighted by atomic mass is 16.5. The van der Waals surface area contributed by atoms with Crippen LogP contribution < -0.4 is 14.8 Å². The Morgan fingerprint density at radius 3 is 2.27 bits per heavy atom. The smallest absolute Gasteiger partial charge is 0.122 e. The van der Waals surface area contributed by atoms with Gasteiger partial charge in [0.25, 0.3) is 0 Å². The van der Waals surface area contributed by atoms with Crippen molar-refractivity contribution in [2.75, 3.05) is 33.9 Å². The van der Waals surface area contributed by atoms with Crippen molar-refractivity contribution in [3.05, 3.63) is 23.8 Å². The van der Waals surface area contributed by atoms with Crippen LogP contribution in [-0.2, 0) is 6.54 Å². The lowest BCUT2D eigenvalue weighted by Crippen LogP contribution is -2.42. The fraction of sp³-hybridized carbons (Fsp3) is 0.667. The highest BCUT2D eigenvalue weighted by molar-refractivity contribution is 5.38. The Labute approximate surface area is 134 Å². The summed E-state index contributed by atoms with van der Waals surface area (Å²) >= 11 is 0. The molecular weight excluding hydrogens is 276 g/mol. The van der Waals surface area contributed by atoms with Gasteiger partial charge in [-0.1, -0.05) is 13.3 Å². The molecule has 0 spiro atoms. The third kappa shape index (κ3) is 5.18. The molecule has 0 atom stereocenters. The molecule has 1 aromatic carbocycles. The number of hydrogen-bond acceptors (Lipinski definition) is 4. The molecule has 4 heteroatoms. The molecule has 124 valence electrons.